The van der Waals surface area contributed by atoms with Crippen LogP contribution in [-0.2, 0) is 0 Å². The van der Waals surface area contributed by atoms with Crippen LogP contribution in [0.1, 0.15) is 17.9 Å². The molecule has 1 N–H and O–H groups in total. The molecule has 0 radical (unpaired) electrons. The van der Waals surface area contributed by atoms with E-state index in [0.717, 1.165) is 5.56 Å². The molecule has 0 unspecified atom stereocenters. The van der Waals surface area contributed by atoms with Crippen molar-refractivity contribution in [1.29, 1.82) is 0 Å². The summed E-state index contributed by atoms with van der Waals surface area (Å²) in [5, 5.41) is 10.1. The van der Waals surface area contributed by atoms with E-state index < -0.39 is 10.4 Å². The lowest BCUT2D eigenvalue weighted by atomic mass is 9.76. The second-order valence-electron chi connectivity index (χ2n) is 3.53. The van der Waals surface area contributed by atoms with Crippen LogP contribution in [0, 0.1) is 0 Å². The fourth-order valence-electron chi connectivity index (χ4n) is 1.66. The number of aliphatic hydroxyl groups is 1. The summed E-state index contributed by atoms with van der Waals surface area (Å²) in [4.78, 5) is 0. The van der Waals surface area contributed by atoms with Gasteiger partial charge in [0.05, 0.1) is 6.10 Å². The van der Waals surface area contributed by atoms with Gasteiger partial charge in [-0.2, -0.15) is 0 Å². The molecule has 0 aromatic heterocycles. The standard InChI is InChI=1S/C10H9Cl3O/c11-7-3-1-6(2-4-7)8-5-9(14)10(8,12)13/h1-4,8-9,14H,5H2/t8-,9-/m1/s1. The van der Waals surface area contributed by atoms with Gasteiger partial charge in [0.1, 0.15) is 0 Å². The molecule has 1 aliphatic rings. The van der Waals surface area contributed by atoms with Crippen molar-refractivity contribution in [3.63, 3.8) is 0 Å². The Labute approximate surface area is 97.6 Å². The van der Waals surface area contributed by atoms with Gasteiger partial charge in [0, 0.05) is 10.9 Å². The van der Waals surface area contributed by atoms with E-state index in [-0.39, 0.29) is 5.92 Å². The van der Waals surface area contributed by atoms with E-state index in [9.17, 15) is 5.11 Å². The van der Waals surface area contributed by atoms with Crippen LogP contribution in [0.3, 0.4) is 0 Å². The minimum atomic E-state index is -1.05. The molecule has 0 spiro atoms. The van der Waals surface area contributed by atoms with Crippen molar-refractivity contribution in [1.82, 2.24) is 0 Å². The van der Waals surface area contributed by atoms with E-state index in [1.807, 2.05) is 12.1 Å². The van der Waals surface area contributed by atoms with Crippen LogP contribution in [0.15, 0.2) is 24.3 Å². The second kappa shape index (κ2) is 3.57. The SMILES string of the molecule is O[C@@H]1C[C@H](c2ccc(Cl)cc2)C1(Cl)Cl. The topological polar surface area (TPSA) is 20.2 Å². The van der Waals surface area contributed by atoms with Crippen molar-refractivity contribution >= 4 is 34.8 Å². The molecule has 1 fully saturated rings. The molecule has 14 heavy (non-hydrogen) atoms. The van der Waals surface area contributed by atoms with Crippen LogP contribution in [0.4, 0.5) is 0 Å². The summed E-state index contributed by atoms with van der Waals surface area (Å²) in [6.45, 7) is 0. The Morgan fingerprint density at radius 2 is 1.79 bits per heavy atom. The number of alkyl halides is 2. The van der Waals surface area contributed by atoms with Gasteiger partial charge >= 0.3 is 0 Å². The minimum absolute atomic E-state index is 0.00176. The van der Waals surface area contributed by atoms with Gasteiger partial charge in [0.15, 0.2) is 4.33 Å². The average Bonchev–Trinajstić information content (AvgIpc) is 2.16. The number of benzene rings is 1. The van der Waals surface area contributed by atoms with E-state index in [1.165, 1.54) is 0 Å². The highest BCUT2D eigenvalue weighted by molar-refractivity contribution is 6.50. The normalized spacial score (nSPS) is 29.7. The summed E-state index contributed by atoms with van der Waals surface area (Å²) < 4.78 is -1.05. The van der Waals surface area contributed by atoms with Crippen LogP contribution in [-0.4, -0.2) is 15.5 Å². The summed E-state index contributed by atoms with van der Waals surface area (Å²) in [7, 11) is 0. The van der Waals surface area contributed by atoms with Gasteiger partial charge in [-0.1, -0.05) is 46.9 Å². The molecule has 0 amide bonds. The Hall–Kier alpha value is 0.0500. The monoisotopic (exact) mass is 250 g/mol. The number of rotatable bonds is 1. The van der Waals surface area contributed by atoms with Gasteiger partial charge in [-0.15, -0.1) is 0 Å². The fourth-order valence-corrected chi connectivity index (χ4v) is 2.40. The largest absolute Gasteiger partial charge is 0.390 e. The average molecular weight is 252 g/mol. The zero-order valence-corrected chi connectivity index (χ0v) is 9.52. The maximum absolute atomic E-state index is 9.37. The number of hydrogen-bond donors (Lipinski definition) is 1. The highest BCUT2D eigenvalue weighted by atomic mass is 35.5. The minimum Gasteiger partial charge on any atom is -0.390 e. The van der Waals surface area contributed by atoms with Crippen LogP contribution in [0.2, 0.25) is 5.02 Å². The van der Waals surface area contributed by atoms with E-state index in [1.54, 1.807) is 12.1 Å². The molecule has 2 atom stereocenters. The van der Waals surface area contributed by atoms with Gasteiger partial charge in [-0.05, 0) is 24.1 Å². The van der Waals surface area contributed by atoms with Crippen molar-refractivity contribution in [2.45, 2.75) is 22.8 Å². The summed E-state index contributed by atoms with van der Waals surface area (Å²) >= 11 is 17.7. The highest BCUT2D eigenvalue weighted by Gasteiger charge is 2.52. The third-order valence-corrected chi connectivity index (χ3v) is 3.92. The first-order chi connectivity index (χ1) is 6.51. The lowest BCUT2D eigenvalue weighted by Crippen LogP contribution is -2.49. The number of halogens is 3. The molecule has 1 aromatic carbocycles. The first kappa shape index (κ1) is 10.6. The van der Waals surface area contributed by atoms with Gasteiger partial charge in [-0.25, -0.2) is 0 Å². The summed E-state index contributed by atoms with van der Waals surface area (Å²) in [6.07, 6.45) is -0.0271. The molecule has 4 heteroatoms. The van der Waals surface area contributed by atoms with Gasteiger partial charge in [0.2, 0.25) is 0 Å². The Morgan fingerprint density at radius 3 is 2.21 bits per heavy atom. The summed E-state index contributed by atoms with van der Waals surface area (Å²) in [5.41, 5.74) is 1.02. The van der Waals surface area contributed by atoms with Gasteiger partial charge in [0.25, 0.3) is 0 Å². The zero-order chi connectivity index (χ0) is 10.3. The number of hydrogen-bond acceptors (Lipinski definition) is 1. The van der Waals surface area contributed by atoms with E-state index in [2.05, 4.69) is 0 Å². The highest BCUT2D eigenvalue weighted by Crippen LogP contribution is 2.53. The number of aliphatic hydroxyl groups excluding tert-OH is 1. The van der Waals surface area contributed by atoms with Crippen LogP contribution in [0.25, 0.3) is 0 Å². The molecule has 1 saturated carbocycles. The molecular formula is C10H9Cl3O. The van der Waals surface area contributed by atoms with E-state index in [0.29, 0.717) is 11.4 Å². The van der Waals surface area contributed by atoms with Crippen molar-refractivity contribution in [2.24, 2.45) is 0 Å². The van der Waals surface area contributed by atoms with Gasteiger partial charge < -0.3 is 5.11 Å². The van der Waals surface area contributed by atoms with Crippen molar-refractivity contribution in [2.75, 3.05) is 0 Å². The molecule has 0 heterocycles. The van der Waals surface area contributed by atoms with Crippen LogP contribution < -0.4 is 0 Å². The fraction of sp³-hybridized carbons (Fsp3) is 0.400. The third kappa shape index (κ3) is 1.63. The molecular weight excluding hydrogens is 242 g/mol. The van der Waals surface area contributed by atoms with Crippen molar-refractivity contribution in [3.8, 4) is 0 Å². The molecule has 1 aromatic rings. The van der Waals surface area contributed by atoms with Crippen molar-refractivity contribution < 1.29 is 5.11 Å². The zero-order valence-electron chi connectivity index (χ0n) is 7.25. The summed E-state index contributed by atoms with van der Waals surface area (Å²) in [5.74, 6) is -0.00176. The van der Waals surface area contributed by atoms with E-state index in [4.69, 9.17) is 34.8 Å². The molecule has 0 bridgehead atoms. The predicted octanol–water partition coefficient (Wildman–Crippen LogP) is 3.36. The predicted molar refractivity (Wildman–Crippen MR) is 59.3 cm³/mol. The summed E-state index contributed by atoms with van der Waals surface area (Å²) in [6, 6.07) is 7.37. The Morgan fingerprint density at radius 1 is 1.21 bits per heavy atom. The molecule has 1 aliphatic carbocycles. The lowest BCUT2D eigenvalue weighted by Gasteiger charge is -2.44. The molecule has 1 nitrogen and oxygen atoms in total. The third-order valence-electron chi connectivity index (χ3n) is 2.64. The molecule has 0 aliphatic heterocycles. The molecule has 2 rings (SSSR count). The maximum Gasteiger partial charge on any atom is 0.150 e. The van der Waals surface area contributed by atoms with E-state index >= 15 is 0 Å². The van der Waals surface area contributed by atoms with Crippen molar-refractivity contribution in [3.05, 3.63) is 34.9 Å². The lowest BCUT2D eigenvalue weighted by molar-refractivity contribution is 0.0613. The maximum atomic E-state index is 9.37. The Balaban J connectivity index is 2.22. The first-order valence-electron chi connectivity index (χ1n) is 4.33. The quantitative estimate of drug-likeness (QED) is 0.759. The van der Waals surface area contributed by atoms with Crippen LogP contribution in [0.5, 0.6) is 0 Å². The first-order valence-corrected chi connectivity index (χ1v) is 5.46. The Kier molecular flexibility index (Phi) is 2.69. The molecule has 76 valence electrons. The van der Waals surface area contributed by atoms with Crippen LogP contribution >= 0.6 is 34.8 Å². The second-order valence-corrected chi connectivity index (χ2v) is 5.41. The molecule has 0 saturated heterocycles. The van der Waals surface area contributed by atoms with Gasteiger partial charge in [-0.3, -0.25) is 0 Å². The smallest absolute Gasteiger partial charge is 0.150 e. The Bertz CT molecular complexity index is 334.